The van der Waals surface area contributed by atoms with Gasteiger partial charge in [-0.25, -0.2) is 9.36 Å². The van der Waals surface area contributed by atoms with Gasteiger partial charge in [-0.1, -0.05) is 91.0 Å². The Morgan fingerprint density at radius 2 is 1.02 bits per heavy atom. The Bertz CT molecular complexity index is 2640. The number of alkyl halides is 3. The highest BCUT2D eigenvalue weighted by Gasteiger charge is 2.48. The van der Waals surface area contributed by atoms with Crippen LogP contribution in [0.2, 0.25) is 0 Å². The van der Waals surface area contributed by atoms with Gasteiger partial charge in [-0.3, -0.25) is 4.98 Å². The molecule has 0 amide bonds. The summed E-state index contributed by atoms with van der Waals surface area (Å²) in [6.45, 7) is 0. The van der Waals surface area contributed by atoms with Gasteiger partial charge in [-0.15, -0.1) is 0 Å². The fraction of sp³-hybridized carbons (Fsp3) is 0.109. The van der Waals surface area contributed by atoms with Crippen LogP contribution in [0, 0.1) is 0 Å². The summed E-state index contributed by atoms with van der Waals surface area (Å²) in [5.41, 5.74) is 6.29. The Morgan fingerprint density at radius 3 is 1.52 bits per heavy atom. The molecule has 0 fully saturated rings. The lowest BCUT2D eigenvalue weighted by Gasteiger charge is -2.15. The average molecular weight is 796 g/mol. The van der Waals surface area contributed by atoms with Gasteiger partial charge in [0.1, 0.15) is 5.75 Å². The van der Waals surface area contributed by atoms with E-state index in [0.717, 1.165) is 65.4 Å². The first-order valence-corrected chi connectivity index (χ1v) is 20.0. The van der Waals surface area contributed by atoms with E-state index < -0.39 is 21.4 Å². The fourth-order valence-electron chi connectivity index (χ4n) is 6.86. The van der Waals surface area contributed by atoms with Crippen LogP contribution in [0.1, 0.15) is 22.3 Å². The molecular formula is C46H36F3N5O3S. The molecule has 0 spiro atoms. The zero-order valence-corrected chi connectivity index (χ0v) is 31.8. The van der Waals surface area contributed by atoms with E-state index in [1.54, 1.807) is 24.5 Å². The van der Waals surface area contributed by atoms with Crippen molar-refractivity contribution < 1.29 is 25.8 Å². The molecule has 0 unspecified atom stereocenters. The van der Waals surface area contributed by atoms with Crippen LogP contribution in [-0.2, 0) is 35.8 Å². The molecule has 8 aromatic rings. The van der Waals surface area contributed by atoms with Gasteiger partial charge < -0.3 is 4.18 Å². The molecule has 8 nitrogen and oxygen atoms in total. The van der Waals surface area contributed by atoms with Crippen molar-refractivity contribution in [2.75, 3.05) is 0 Å². The van der Waals surface area contributed by atoms with Gasteiger partial charge in [-0.2, -0.15) is 31.8 Å². The second-order valence-corrected chi connectivity index (χ2v) is 15.3. The van der Waals surface area contributed by atoms with Crippen molar-refractivity contribution in [2.24, 2.45) is 0 Å². The third kappa shape index (κ3) is 8.77. The maximum atomic E-state index is 12.9. The molecule has 0 radical (unpaired) electrons. The molecule has 58 heavy (non-hydrogen) atoms. The minimum absolute atomic E-state index is 0.263. The lowest BCUT2D eigenvalue weighted by Crippen LogP contribution is -2.28. The maximum Gasteiger partial charge on any atom is 0.534 e. The van der Waals surface area contributed by atoms with Crippen LogP contribution in [0.3, 0.4) is 0 Å². The predicted molar refractivity (Wildman–Crippen MR) is 218 cm³/mol. The highest BCUT2D eigenvalue weighted by molar-refractivity contribution is 7.88. The normalized spacial score (nSPS) is 11.8. The van der Waals surface area contributed by atoms with Crippen LogP contribution in [0.4, 0.5) is 13.2 Å². The van der Waals surface area contributed by atoms with Gasteiger partial charge in [0.05, 0.1) is 17.1 Å². The van der Waals surface area contributed by atoms with Crippen molar-refractivity contribution in [3.8, 4) is 50.6 Å². The summed E-state index contributed by atoms with van der Waals surface area (Å²) in [6, 6.07) is 45.4. The highest BCUT2D eigenvalue weighted by Crippen LogP contribution is 2.35. The average Bonchev–Trinajstić information content (AvgIpc) is 3.99. The van der Waals surface area contributed by atoms with Crippen molar-refractivity contribution in [3.63, 3.8) is 0 Å². The van der Waals surface area contributed by atoms with E-state index in [2.05, 4.69) is 98.2 Å². The standard InChI is InChI=1S/C46H36F3N5O3S/c47-46(48,49)58(55,56)57-42-23-26-50-45(32-42)38-17-15-37(16-18-38)43-5-1-2-6-44(43)39-30-35(9-7-33-11-19-40(20-12-33)53-27-3-24-51-53)29-36(31-39)10-8-34-13-21-41(22-14-34)54-28-4-25-52-54/h1-6,11-32H,7-10H2. The number of pyridine rings is 1. The Morgan fingerprint density at radius 1 is 0.517 bits per heavy atom. The molecule has 3 heterocycles. The summed E-state index contributed by atoms with van der Waals surface area (Å²) in [7, 11) is -5.82. The van der Waals surface area contributed by atoms with E-state index in [1.165, 1.54) is 34.5 Å². The molecule has 0 N–H and O–H groups in total. The molecule has 12 heteroatoms. The number of rotatable bonds is 13. The first-order valence-electron chi connectivity index (χ1n) is 18.6. The summed E-state index contributed by atoms with van der Waals surface area (Å²) < 4.78 is 70.0. The van der Waals surface area contributed by atoms with Gasteiger partial charge >= 0.3 is 15.6 Å². The number of hydrogen-bond donors (Lipinski definition) is 0. The minimum Gasteiger partial charge on any atom is -0.376 e. The molecule has 0 saturated carbocycles. The van der Waals surface area contributed by atoms with Crippen LogP contribution in [0.5, 0.6) is 5.75 Å². The number of nitrogens with zero attached hydrogens (tertiary/aromatic N) is 5. The van der Waals surface area contributed by atoms with Gasteiger partial charge in [0, 0.05) is 48.7 Å². The largest absolute Gasteiger partial charge is 0.534 e. The molecule has 0 aliphatic rings. The molecule has 290 valence electrons. The van der Waals surface area contributed by atoms with E-state index >= 15 is 0 Å². The first-order chi connectivity index (χ1) is 28.1. The van der Waals surface area contributed by atoms with Crippen LogP contribution in [0.15, 0.2) is 171 Å². The summed E-state index contributed by atoms with van der Waals surface area (Å²) in [6.07, 6.45) is 12.0. The van der Waals surface area contributed by atoms with Gasteiger partial charge in [0.15, 0.2) is 0 Å². The molecule has 5 aromatic carbocycles. The lowest BCUT2D eigenvalue weighted by molar-refractivity contribution is -0.0500. The topological polar surface area (TPSA) is 91.9 Å². The Labute approximate surface area is 334 Å². The van der Waals surface area contributed by atoms with E-state index in [0.29, 0.717) is 5.56 Å². The summed E-state index contributed by atoms with van der Waals surface area (Å²) in [5.74, 6) is -0.482. The minimum atomic E-state index is -5.82. The second kappa shape index (κ2) is 16.4. The summed E-state index contributed by atoms with van der Waals surface area (Å²) in [4.78, 5) is 4.24. The van der Waals surface area contributed by atoms with Gasteiger partial charge in [0.25, 0.3) is 0 Å². The van der Waals surface area contributed by atoms with Crippen molar-refractivity contribution in [1.29, 1.82) is 0 Å². The molecule has 0 atom stereocenters. The van der Waals surface area contributed by atoms with Crippen LogP contribution >= 0.6 is 0 Å². The molecule has 0 aliphatic heterocycles. The van der Waals surface area contributed by atoms with Gasteiger partial charge in [-0.05, 0) is 107 Å². The number of halogens is 3. The molecule has 0 aliphatic carbocycles. The van der Waals surface area contributed by atoms with Crippen LogP contribution in [-0.4, -0.2) is 38.5 Å². The number of hydrogen-bond acceptors (Lipinski definition) is 6. The van der Waals surface area contributed by atoms with Crippen molar-refractivity contribution >= 4 is 10.1 Å². The van der Waals surface area contributed by atoms with E-state index in [1.807, 2.05) is 58.2 Å². The summed E-state index contributed by atoms with van der Waals surface area (Å²) in [5, 5.41) is 8.67. The number of benzene rings is 5. The van der Waals surface area contributed by atoms with Crippen molar-refractivity contribution in [3.05, 3.63) is 193 Å². The highest BCUT2D eigenvalue weighted by atomic mass is 32.2. The monoisotopic (exact) mass is 795 g/mol. The SMILES string of the molecule is O=S(=O)(Oc1ccnc(-c2ccc(-c3ccccc3-c3cc(CCc4ccc(-n5cccn5)cc4)cc(CCc4ccc(-n5cccn5)cc4)c3)cc2)c1)C(F)(F)F. The Hall–Kier alpha value is -6.79. The third-order valence-electron chi connectivity index (χ3n) is 9.82. The van der Waals surface area contributed by atoms with Crippen LogP contribution < -0.4 is 4.18 Å². The molecule has 0 saturated heterocycles. The maximum absolute atomic E-state index is 12.9. The lowest BCUT2D eigenvalue weighted by atomic mass is 9.90. The van der Waals surface area contributed by atoms with E-state index in [9.17, 15) is 21.6 Å². The molecule has 3 aromatic heterocycles. The Balaban J connectivity index is 1.06. The Kier molecular flexibility index (Phi) is 10.7. The summed E-state index contributed by atoms with van der Waals surface area (Å²) >= 11 is 0. The fourth-order valence-corrected chi connectivity index (χ4v) is 7.31. The van der Waals surface area contributed by atoms with Crippen LogP contribution in [0.25, 0.3) is 44.9 Å². The van der Waals surface area contributed by atoms with Crippen molar-refractivity contribution in [2.45, 2.75) is 31.2 Å². The zero-order valence-electron chi connectivity index (χ0n) is 31.0. The smallest absolute Gasteiger partial charge is 0.376 e. The number of aryl methyl sites for hydroxylation is 4. The predicted octanol–water partition coefficient (Wildman–Crippen LogP) is 10.3. The molecule has 0 bridgehead atoms. The third-order valence-corrected chi connectivity index (χ3v) is 10.8. The van der Waals surface area contributed by atoms with E-state index in [-0.39, 0.29) is 5.69 Å². The molecule has 8 rings (SSSR count). The van der Waals surface area contributed by atoms with E-state index in [4.69, 9.17) is 0 Å². The van der Waals surface area contributed by atoms with Gasteiger partial charge in [0.2, 0.25) is 0 Å². The first kappa shape index (κ1) is 38.1. The zero-order chi connectivity index (χ0) is 40.1. The number of aromatic nitrogens is 5. The second-order valence-electron chi connectivity index (χ2n) is 13.8. The molecular weight excluding hydrogens is 760 g/mol. The quantitative estimate of drug-likeness (QED) is 0.0853. The van der Waals surface area contributed by atoms with Crippen molar-refractivity contribution in [1.82, 2.24) is 24.5 Å².